The lowest BCUT2D eigenvalue weighted by Gasteiger charge is -2.29. The highest BCUT2D eigenvalue weighted by molar-refractivity contribution is 6.09. The van der Waals surface area contributed by atoms with Gasteiger partial charge in [0, 0.05) is 41.5 Å². The highest BCUT2D eigenvalue weighted by atomic mass is 16.5. The number of nitriles is 1. The maximum absolute atomic E-state index is 12.7. The molecular formula is C27H28N4O3. The smallest absolute Gasteiger partial charge is 0.266 e. The molecule has 7 nitrogen and oxygen atoms in total. The van der Waals surface area contributed by atoms with E-state index >= 15 is 0 Å². The summed E-state index contributed by atoms with van der Waals surface area (Å²) in [5.41, 5.74) is 5.66. The van der Waals surface area contributed by atoms with Gasteiger partial charge in [0.25, 0.3) is 5.91 Å². The number of anilines is 2. The highest BCUT2D eigenvalue weighted by Gasteiger charge is 2.15. The van der Waals surface area contributed by atoms with Gasteiger partial charge >= 0.3 is 0 Å². The Kier molecular flexibility index (Phi) is 7.00. The van der Waals surface area contributed by atoms with Crippen molar-refractivity contribution in [3.8, 4) is 17.5 Å². The van der Waals surface area contributed by atoms with Gasteiger partial charge in [-0.3, -0.25) is 4.79 Å². The van der Waals surface area contributed by atoms with Crippen LogP contribution in [0, 0.1) is 25.2 Å². The van der Waals surface area contributed by atoms with Crippen LogP contribution in [0.4, 0.5) is 11.4 Å². The minimum atomic E-state index is -0.452. The fourth-order valence-electron chi connectivity index (χ4n) is 4.14. The van der Waals surface area contributed by atoms with Crippen LogP contribution in [0.2, 0.25) is 0 Å². The molecule has 2 heterocycles. The largest absolute Gasteiger partial charge is 0.497 e. The van der Waals surface area contributed by atoms with Crippen LogP contribution < -0.4 is 15.0 Å². The molecule has 0 radical (unpaired) electrons. The van der Waals surface area contributed by atoms with Gasteiger partial charge in [-0.2, -0.15) is 5.26 Å². The van der Waals surface area contributed by atoms with E-state index < -0.39 is 5.91 Å². The predicted molar refractivity (Wildman–Crippen MR) is 133 cm³/mol. The van der Waals surface area contributed by atoms with Crippen molar-refractivity contribution >= 4 is 23.4 Å². The van der Waals surface area contributed by atoms with Crippen LogP contribution in [0.25, 0.3) is 11.8 Å². The van der Waals surface area contributed by atoms with Crippen molar-refractivity contribution in [2.24, 2.45) is 0 Å². The molecule has 0 saturated carbocycles. The zero-order valence-corrected chi connectivity index (χ0v) is 19.7. The van der Waals surface area contributed by atoms with Crippen LogP contribution in [-0.4, -0.2) is 43.9 Å². The fraction of sp³-hybridized carbons (Fsp3) is 0.259. The average molecular weight is 457 g/mol. The van der Waals surface area contributed by atoms with E-state index in [0.29, 0.717) is 11.4 Å². The molecule has 1 saturated heterocycles. The van der Waals surface area contributed by atoms with Crippen molar-refractivity contribution in [3.63, 3.8) is 0 Å². The number of methoxy groups -OCH3 is 1. The van der Waals surface area contributed by atoms with Gasteiger partial charge in [-0.25, -0.2) is 0 Å². The molecule has 1 amide bonds. The number of amides is 1. The Morgan fingerprint density at radius 1 is 1.06 bits per heavy atom. The lowest BCUT2D eigenvalue weighted by atomic mass is 10.1. The van der Waals surface area contributed by atoms with E-state index in [1.807, 2.05) is 26.0 Å². The third kappa shape index (κ3) is 4.98. The number of morpholine rings is 1. The minimum absolute atomic E-state index is 0.0405. The number of carbonyl (C=O) groups excluding carboxylic acids is 1. The molecule has 1 aromatic heterocycles. The van der Waals surface area contributed by atoms with E-state index in [2.05, 4.69) is 39.0 Å². The molecule has 0 unspecified atom stereocenters. The number of nitrogens with one attached hydrogen (secondary N) is 1. The molecule has 1 aliphatic heterocycles. The second-order valence-electron chi connectivity index (χ2n) is 8.13. The maximum atomic E-state index is 12.7. The number of hydrogen-bond donors (Lipinski definition) is 1. The molecule has 3 aromatic rings. The Hall–Kier alpha value is -4.02. The summed E-state index contributed by atoms with van der Waals surface area (Å²) in [4.78, 5) is 15.0. The van der Waals surface area contributed by atoms with Gasteiger partial charge in [0.05, 0.1) is 20.3 Å². The number of aryl methyl sites for hydroxylation is 1. The van der Waals surface area contributed by atoms with Crippen LogP contribution >= 0.6 is 0 Å². The van der Waals surface area contributed by atoms with E-state index in [4.69, 9.17) is 9.47 Å². The quantitative estimate of drug-likeness (QED) is 0.437. The molecule has 0 bridgehead atoms. The number of ether oxygens (including phenoxy) is 2. The van der Waals surface area contributed by atoms with Gasteiger partial charge in [0.2, 0.25) is 0 Å². The Morgan fingerprint density at radius 3 is 2.32 bits per heavy atom. The first-order valence-electron chi connectivity index (χ1n) is 11.2. The summed E-state index contributed by atoms with van der Waals surface area (Å²) in [5, 5.41) is 12.4. The van der Waals surface area contributed by atoms with Crippen LogP contribution in [0.1, 0.15) is 17.0 Å². The molecule has 174 valence electrons. The SMILES string of the molecule is COc1ccc(NC(=O)/C(C#N)=C\c2cc(C)n(-c3ccc(N4CCOCC4)cc3)c2C)cc1. The van der Waals surface area contributed by atoms with Gasteiger partial charge in [-0.1, -0.05) is 0 Å². The van der Waals surface area contributed by atoms with Gasteiger partial charge in [0.1, 0.15) is 17.4 Å². The molecule has 4 rings (SSSR count). The molecule has 1 aliphatic rings. The molecule has 1 N–H and O–H groups in total. The second kappa shape index (κ2) is 10.3. The topological polar surface area (TPSA) is 79.5 Å². The Bertz CT molecular complexity index is 1230. The molecule has 34 heavy (non-hydrogen) atoms. The third-order valence-corrected chi connectivity index (χ3v) is 5.97. The Balaban J connectivity index is 1.55. The molecular weight excluding hydrogens is 428 g/mol. The number of carbonyl (C=O) groups is 1. The van der Waals surface area contributed by atoms with Crippen molar-refractivity contribution in [1.82, 2.24) is 4.57 Å². The first kappa shape index (κ1) is 23.1. The summed E-state index contributed by atoms with van der Waals surface area (Å²) >= 11 is 0. The van der Waals surface area contributed by atoms with Crippen molar-refractivity contribution in [1.29, 1.82) is 5.26 Å². The predicted octanol–water partition coefficient (Wildman–Crippen LogP) is 4.49. The Labute approximate surface area is 199 Å². The zero-order valence-electron chi connectivity index (χ0n) is 19.7. The summed E-state index contributed by atoms with van der Waals surface area (Å²) in [7, 11) is 1.58. The molecule has 2 aromatic carbocycles. The van der Waals surface area contributed by atoms with Gasteiger partial charge in [-0.15, -0.1) is 0 Å². The molecule has 0 spiro atoms. The normalized spacial score (nSPS) is 13.9. The highest BCUT2D eigenvalue weighted by Crippen LogP contribution is 2.25. The zero-order chi connectivity index (χ0) is 24.1. The molecule has 0 aliphatic carbocycles. The third-order valence-electron chi connectivity index (χ3n) is 5.97. The summed E-state index contributed by atoms with van der Waals surface area (Å²) in [6, 6.07) is 19.4. The number of benzene rings is 2. The van der Waals surface area contributed by atoms with Gasteiger partial charge in [-0.05, 0) is 80.1 Å². The molecule has 0 atom stereocenters. The van der Waals surface area contributed by atoms with Crippen LogP contribution in [0.5, 0.6) is 5.75 Å². The number of aromatic nitrogens is 1. The van der Waals surface area contributed by atoms with E-state index in [0.717, 1.165) is 48.9 Å². The first-order valence-corrected chi connectivity index (χ1v) is 11.2. The van der Waals surface area contributed by atoms with Crippen LogP contribution in [-0.2, 0) is 9.53 Å². The molecule has 7 heteroatoms. The summed E-state index contributed by atoms with van der Waals surface area (Å²) in [6.07, 6.45) is 1.64. The minimum Gasteiger partial charge on any atom is -0.497 e. The standard InChI is InChI=1S/C27H28N4O3/c1-19-16-21(17-22(18-28)27(32)29-23-4-10-26(33-3)11-5-23)20(2)31(19)25-8-6-24(7-9-25)30-12-14-34-15-13-30/h4-11,16-17H,12-15H2,1-3H3,(H,29,32)/b22-17-. The van der Waals surface area contributed by atoms with Crippen LogP contribution in [0.3, 0.4) is 0 Å². The second-order valence-corrected chi connectivity index (χ2v) is 8.13. The summed E-state index contributed by atoms with van der Waals surface area (Å²) < 4.78 is 12.7. The van der Waals surface area contributed by atoms with Crippen molar-refractivity contribution in [2.45, 2.75) is 13.8 Å². The summed E-state index contributed by atoms with van der Waals surface area (Å²) in [5.74, 6) is 0.242. The maximum Gasteiger partial charge on any atom is 0.266 e. The fourth-order valence-corrected chi connectivity index (χ4v) is 4.14. The van der Waals surface area contributed by atoms with E-state index in [9.17, 15) is 10.1 Å². The van der Waals surface area contributed by atoms with Gasteiger partial charge < -0.3 is 24.3 Å². The van der Waals surface area contributed by atoms with Crippen LogP contribution in [0.15, 0.2) is 60.2 Å². The monoisotopic (exact) mass is 456 g/mol. The number of rotatable bonds is 6. The number of hydrogen-bond acceptors (Lipinski definition) is 5. The Morgan fingerprint density at radius 2 is 1.71 bits per heavy atom. The summed E-state index contributed by atoms with van der Waals surface area (Å²) in [6.45, 7) is 7.30. The lowest BCUT2D eigenvalue weighted by molar-refractivity contribution is -0.112. The van der Waals surface area contributed by atoms with Crippen molar-refractivity contribution < 1.29 is 14.3 Å². The van der Waals surface area contributed by atoms with Crippen molar-refractivity contribution in [2.75, 3.05) is 43.6 Å². The van der Waals surface area contributed by atoms with E-state index in [1.165, 1.54) is 5.69 Å². The first-order chi connectivity index (χ1) is 16.5. The lowest BCUT2D eigenvalue weighted by Crippen LogP contribution is -2.36. The number of nitrogens with zero attached hydrogens (tertiary/aromatic N) is 3. The van der Waals surface area contributed by atoms with Gasteiger partial charge in [0.15, 0.2) is 0 Å². The molecule has 1 fully saturated rings. The van der Waals surface area contributed by atoms with E-state index in [1.54, 1.807) is 37.5 Å². The average Bonchev–Trinajstić information content (AvgIpc) is 3.15. The van der Waals surface area contributed by atoms with Crippen molar-refractivity contribution in [3.05, 3.63) is 77.1 Å². The van der Waals surface area contributed by atoms with E-state index in [-0.39, 0.29) is 5.57 Å².